The summed E-state index contributed by atoms with van der Waals surface area (Å²) < 4.78 is 0. The molecule has 3 nitrogen and oxygen atoms in total. The molecule has 17 heavy (non-hydrogen) atoms. The maximum Gasteiger partial charge on any atom is 0.192 e. The van der Waals surface area contributed by atoms with Crippen molar-refractivity contribution in [2.24, 2.45) is 22.6 Å². The molecule has 0 aromatic carbocycles. The molecule has 1 aliphatic heterocycles. The Morgan fingerprint density at radius 3 is 2.18 bits per heavy atom. The molecule has 1 fully saturated rings. The first kappa shape index (κ1) is 12.7. The first-order valence-corrected chi connectivity index (χ1v) is 7.04. The molecule has 1 aliphatic carbocycles. The van der Waals surface area contributed by atoms with Crippen molar-refractivity contribution in [1.82, 2.24) is 4.90 Å². The second kappa shape index (κ2) is 4.51. The molecule has 0 amide bonds. The largest absolute Gasteiger partial charge is 0.370 e. The minimum absolute atomic E-state index is 0.216. The van der Waals surface area contributed by atoms with E-state index in [2.05, 4.69) is 37.6 Å². The van der Waals surface area contributed by atoms with E-state index in [0.29, 0.717) is 17.9 Å². The number of nitrogens with zero attached hydrogens (tertiary/aromatic N) is 2. The zero-order valence-corrected chi connectivity index (χ0v) is 11.7. The predicted octanol–water partition coefficient (Wildman–Crippen LogP) is 2.61. The van der Waals surface area contributed by atoms with E-state index in [-0.39, 0.29) is 5.54 Å². The van der Waals surface area contributed by atoms with Gasteiger partial charge in [-0.3, -0.25) is 4.99 Å². The van der Waals surface area contributed by atoms with Gasteiger partial charge in [0.1, 0.15) is 0 Å². The summed E-state index contributed by atoms with van der Waals surface area (Å²) >= 11 is 0. The van der Waals surface area contributed by atoms with Gasteiger partial charge in [-0.1, -0.05) is 27.7 Å². The summed E-state index contributed by atoms with van der Waals surface area (Å²) in [7, 11) is 0. The van der Waals surface area contributed by atoms with Crippen molar-refractivity contribution in [2.75, 3.05) is 6.54 Å². The van der Waals surface area contributed by atoms with Crippen molar-refractivity contribution in [3.63, 3.8) is 0 Å². The molecule has 0 spiro atoms. The van der Waals surface area contributed by atoms with Gasteiger partial charge in [0, 0.05) is 6.04 Å². The van der Waals surface area contributed by atoms with Gasteiger partial charge in [-0.2, -0.15) is 0 Å². The summed E-state index contributed by atoms with van der Waals surface area (Å²) in [6.07, 6.45) is 5.03. The standard InChI is InChI=1S/C14H27N3/c1-10(2)7-14(8-11(3)4)9-16-13(15)17(14)12-5-6-12/h10-12H,5-9H2,1-4H3,(H2,15,16). The van der Waals surface area contributed by atoms with E-state index in [1.54, 1.807) is 0 Å². The van der Waals surface area contributed by atoms with E-state index < -0.39 is 0 Å². The Bertz CT molecular complexity index is 293. The zero-order valence-electron chi connectivity index (χ0n) is 11.7. The smallest absolute Gasteiger partial charge is 0.192 e. The average Bonchev–Trinajstić information content (AvgIpc) is 2.93. The number of nitrogens with two attached hydrogens (primary N) is 1. The summed E-state index contributed by atoms with van der Waals surface area (Å²) in [5.41, 5.74) is 6.34. The van der Waals surface area contributed by atoms with Crippen LogP contribution in [-0.4, -0.2) is 29.0 Å². The Labute approximate surface area is 105 Å². The van der Waals surface area contributed by atoms with Gasteiger partial charge in [-0.15, -0.1) is 0 Å². The van der Waals surface area contributed by atoms with Gasteiger partial charge >= 0.3 is 0 Å². The number of hydrogen-bond donors (Lipinski definition) is 1. The van der Waals surface area contributed by atoms with Crippen molar-refractivity contribution in [3.05, 3.63) is 0 Å². The number of aliphatic imine (C=N–C) groups is 1. The Morgan fingerprint density at radius 2 is 1.76 bits per heavy atom. The fourth-order valence-electron chi connectivity index (χ4n) is 3.46. The van der Waals surface area contributed by atoms with E-state index in [1.807, 2.05) is 0 Å². The van der Waals surface area contributed by atoms with Crippen molar-refractivity contribution < 1.29 is 0 Å². The maximum absolute atomic E-state index is 6.12. The second-order valence-electron chi connectivity index (χ2n) is 6.70. The van der Waals surface area contributed by atoms with E-state index in [1.165, 1.54) is 25.7 Å². The van der Waals surface area contributed by atoms with Gasteiger partial charge in [-0.25, -0.2) is 0 Å². The first-order valence-electron chi connectivity index (χ1n) is 7.04. The molecule has 2 rings (SSSR count). The van der Waals surface area contributed by atoms with E-state index in [4.69, 9.17) is 5.73 Å². The molecule has 2 aliphatic rings. The molecule has 0 atom stereocenters. The molecule has 3 heteroatoms. The Hall–Kier alpha value is -0.730. The van der Waals surface area contributed by atoms with Crippen molar-refractivity contribution in [2.45, 2.75) is 65.0 Å². The summed E-state index contributed by atoms with van der Waals surface area (Å²) in [6, 6.07) is 0.679. The third-order valence-electron chi connectivity index (χ3n) is 3.78. The molecule has 0 aromatic heterocycles. The maximum atomic E-state index is 6.12. The molecule has 0 unspecified atom stereocenters. The lowest BCUT2D eigenvalue weighted by Gasteiger charge is -2.42. The van der Waals surface area contributed by atoms with Gasteiger partial charge in [-0.05, 0) is 37.5 Å². The van der Waals surface area contributed by atoms with Crippen LogP contribution in [0.25, 0.3) is 0 Å². The summed E-state index contributed by atoms with van der Waals surface area (Å²) in [6.45, 7) is 10.1. The van der Waals surface area contributed by atoms with E-state index in [9.17, 15) is 0 Å². The molecule has 1 heterocycles. The second-order valence-corrected chi connectivity index (χ2v) is 6.70. The average molecular weight is 237 g/mol. The fourth-order valence-corrected chi connectivity index (χ4v) is 3.46. The lowest BCUT2D eigenvalue weighted by atomic mass is 9.81. The van der Waals surface area contributed by atoms with Crippen molar-refractivity contribution >= 4 is 5.96 Å². The molecule has 0 aromatic rings. The SMILES string of the molecule is CC(C)CC1(CC(C)C)CN=C(N)N1C1CC1. The number of hydrogen-bond acceptors (Lipinski definition) is 3. The number of rotatable bonds is 5. The van der Waals surface area contributed by atoms with Crippen LogP contribution in [-0.2, 0) is 0 Å². The molecule has 1 saturated carbocycles. The first-order chi connectivity index (χ1) is 7.94. The zero-order chi connectivity index (χ0) is 12.6. The molecule has 2 N–H and O–H groups in total. The highest BCUT2D eigenvalue weighted by molar-refractivity contribution is 5.81. The highest BCUT2D eigenvalue weighted by Crippen LogP contribution is 2.42. The Kier molecular flexibility index (Phi) is 3.37. The van der Waals surface area contributed by atoms with Crippen LogP contribution in [0.3, 0.4) is 0 Å². The summed E-state index contributed by atoms with van der Waals surface area (Å²) in [5, 5.41) is 0. The molecular formula is C14H27N3. The van der Waals surface area contributed by atoms with Crippen LogP contribution in [0.4, 0.5) is 0 Å². The van der Waals surface area contributed by atoms with Crippen LogP contribution in [0.1, 0.15) is 53.4 Å². The van der Waals surface area contributed by atoms with Crippen LogP contribution in [0.15, 0.2) is 4.99 Å². The third-order valence-corrected chi connectivity index (χ3v) is 3.78. The van der Waals surface area contributed by atoms with Crippen LogP contribution >= 0.6 is 0 Å². The monoisotopic (exact) mass is 237 g/mol. The minimum atomic E-state index is 0.216. The lowest BCUT2D eigenvalue weighted by Crippen LogP contribution is -2.54. The Balaban J connectivity index is 2.19. The molecule has 98 valence electrons. The summed E-state index contributed by atoms with van der Waals surface area (Å²) in [4.78, 5) is 7.02. The minimum Gasteiger partial charge on any atom is -0.370 e. The van der Waals surface area contributed by atoms with Crippen LogP contribution < -0.4 is 5.73 Å². The van der Waals surface area contributed by atoms with Crippen molar-refractivity contribution in [1.29, 1.82) is 0 Å². The molecular weight excluding hydrogens is 210 g/mol. The lowest BCUT2D eigenvalue weighted by molar-refractivity contribution is 0.129. The highest BCUT2D eigenvalue weighted by Gasteiger charge is 2.48. The van der Waals surface area contributed by atoms with Gasteiger partial charge in [0.05, 0.1) is 12.1 Å². The normalized spacial score (nSPS) is 23.6. The van der Waals surface area contributed by atoms with Gasteiger partial charge in [0.2, 0.25) is 0 Å². The molecule has 0 bridgehead atoms. The number of guanidine groups is 1. The summed E-state index contributed by atoms with van der Waals surface area (Å²) in [5.74, 6) is 2.21. The van der Waals surface area contributed by atoms with Crippen LogP contribution in [0.5, 0.6) is 0 Å². The van der Waals surface area contributed by atoms with Crippen LogP contribution in [0.2, 0.25) is 0 Å². The Morgan fingerprint density at radius 1 is 1.24 bits per heavy atom. The predicted molar refractivity (Wildman–Crippen MR) is 73.0 cm³/mol. The quantitative estimate of drug-likeness (QED) is 0.798. The van der Waals surface area contributed by atoms with Gasteiger partial charge in [0.25, 0.3) is 0 Å². The molecule has 0 saturated heterocycles. The van der Waals surface area contributed by atoms with E-state index in [0.717, 1.165) is 12.5 Å². The van der Waals surface area contributed by atoms with Crippen molar-refractivity contribution in [3.8, 4) is 0 Å². The third kappa shape index (κ3) is 2.58. The highest BCUT2D eigenvalue weighted by atomic mass is 15.4. The van der Waals surface area contributed by atoms with Gasteiger partial charge in [0.15, 0.2) is 5.96 Å². The van der Waals surface area contributed by atoms with Gasteiger partial charge < -0.3 is 10.6 Å². The van der Waals surface area contributed by atoms with E-state index >= 15 is 0 Å². The molecule has 0 radical (unpaired) electrons. The fraction of sp³-hybridized carbons (Fsp3) is 0.929. The van der Waals surface area contributed by atoms with Crippen LogP contribution in [0, 0.1) is 11.8 Å². The topological polar surface area (TPSA) is 41.6 Å².